The van der Waals surface area contributed by atoms with Crippen LogP contribution in [0.2, 0.25) is 0 Å². The molecule has 18 heavy (non-hydrogen) atoms. The summed E-state index contributed by atoms with van der Waals surface area (Å²) in [5, 5.41) is 11.5. The SMILES string of the molecule is C[C@@H]1CC[C@H]2C(C)(C)C[C@]3(C)CC(=O)C[C@@H]1[C@@]23O. The molecule has 3 fully saturated rings. The molecule has 3 aliphatic rings. The Kier molecular flexibility index (Phi) is 2.38. The van der Waals surface area contributed by atoms with Crippen LogP contribution in [-0.2, 0) is 4.79 Å². The predicted molar refractivity (Wildman–Crippen MR) is 71.1 cm³/mol. The monoisotopic (exact) mass is 250 g/mol. The summed E-state index contributed by atoms with van der Waals surface area (Å²) in [7, 11) is 0. The first-order valence-corrected chi connectivity index (χ1v) is 7.45. The zero-order valence-corrected chi connectivity index (χ0v) is 12.1. The highest BCUT2D eigenvalue weighted by atomic mass is 16.3. The average molecular weight is 250 g/mol. The number of carbonyl (C=O) groups is 1. The summed E-state index contributed by atoms with van der Waals surface area (Å²) in [6, 6.07) is 0. The molecule has 2 heteroatoms. The van der Waals surface area contributed by atoms with Crippen molar-refractivity contribution in [2.24, 2.45) is 28.6 Å². The van der Waals surface area contributed by atoms with Crippen LogP contribution in [0, 0.1) is 28.6 Å². The Hall–Kier alpha value is -0.370. The molecular weight excluding hydrogens is 224 g/mol. The van der Waals surface area contributed by atoms with Crippen molar-refractivity contribution in [2.75, 3.05) is 0 Å². The summed E-state index contributed by atoms with van der Waals surface area (Å²) in [4.78, 5) is 12.1. The molecular formula is C16H26O2. The third kappa shape index (κ3) is 1.31. The zero-order chi connectivity index (χ0) is 13.3. The molecule has 0 spiro atoms. The predicted octanol–water partition coefficient (Wildman–Crippen LogP) is 3.18. The van der Waals surface area contributed by atoms with Gasteiger partial charge in [0.1, 0.15) is 5.78 Å². The van der Waals surface area contributed by atoms with Crippen LogP contribution in [0.5, 0.6) is 0 Å². The Morgan fingerprint density at radius 1 is 1.22 bits per heavy atom. The maximum Gasteiger partial charge on any atom is 0.133 e. The summed E-state index contributed by atoms with van der Waals surface area (Å²) in [6.07, 6.45) is 4.50. The highest BCUT2D eigenvalue weighted by Crippen LogP contribution is 2.69. The number of carbonyl (C=O) groups excluding carboxylic acids is 1. The summed E-state index contributed by atoms with van der Waals surface area (Å²) in [5.74, 6) is 1.44. The molecule has 3 rings (SSSR count). The van der Waals surface area contributed by atoms with E-state index in [0.717, 1.165) is 12.8 Å². The van der Waals surface area contributed by atoms with E-state index < -0.39 is 5.60 Å². The minimum absolute atomic E-state index is 0.173. The molecule has 0 amide bonds. The van der Waals surface area contributed by atoms with Gasteiger partial charge < -0.3 is 5.11 Å². The van der Waals surface area contributed by atoms with E-state index in [-0.39, 0.29) is 16.7 Å². The average Bonchev–Trinajstić information content (AvgIpc) is 2.35. The van der Waals surface area contributed by atoms with Gasteiger partial charge in [-0.15, -0.1) is 0 Å². The molecule has 0 unspecified atom stereocenters. The molecule has 0 saturated heterocycles. The van der Waals surface area contributed by atoms with Crippen molar-refractivity contribution in [2.45, 2.75) is 65.4 Å². The van der Waals surface area contributed by atoms with Crippen molar-refractivity contribution < 1.29 is 9.90 Å². The van der Waals surface area contributed by atoms with E-state index in [1.165, 1.54) is 6.42 Å². The lowest BCUT2D eigenvalue weighted by atomic mass is 9.52. The Morgan fingerprint density at radius 2 is 1.89 bits per heavy atom. The molecule has 0 radical (unpaired) electrons. The van der Waals surface area contributed by atoms with E-state index >= 15 is 0 Å². The number of ketones is 1. The topological polar surface area (TPSA) is 37.3 Å². The quantitative estimate of drug-likeness (QED) is 0.717. The van der Waals surface area contributed by atoms with Gasteiger partial charge in [-0.3, -0.25) is 4.79 Å². The highest BCUT2D eigenvalue weighted by molar-refractivity contribution is 5.81. The first kappa shape index (κ1) is 12.7. The van der Waals surface area contributed by atoms with Gasteiger partial charge in [-0.05, 0) is 42.4 Å². The summed E-state index contributed by atoms with van der Waals surface area (Å²) >= 11 is 0. The van der Waals surface area contributed by atoms with Gasteiger partial charge in [-0.1, -0.05) is 27.7 Å². The largest absolute Gasteiger partial charge is 0.389 e. The maximum absolute atomic E-state index is 12.1. The van der Waals surface area contributed by atoms with Crippen LogP contribution in [0.15, 0.2) is 0 Å². The lowest BCUT2D eigenvalue weighted by Crippen LogP contribution is -2.61. The first-order valence-electron chi connectivity index (χ1n) is 7.45. The number of aliphatic hydroxyl groups is 1. The maximum atomic E-state index is 12.1. The summed E-state index contributed by atoms with van der Waals surface area (Å²) in [6.45, 7) is 8.97. The van der Waals surface area contributed by atoms with Gasteiger partial charge in [0.05, 0.1) is 5.60 Å². The Balaban J connectivity index is 2.13. The second kappa shape index (κ2) is 3.39. The smallest absolute Gasteiger partial charge is 0.133 e. The van der Waals surface area contributed by atoms with E-state index in [9.17, 15) is 9.90 Å². The molecule has 1 N–H and O–H groups in total. The fourth-order valence-electron chi connectivity index (χ4n) is 5.98. The summed E-state index contributed by atoms with van der Waals surface area (Å²) < 4.78 is 0. The van der Waals surface area contributed by atoms with Crippen molar-refractivity contribution in [3.63, 3.8) is 0 Å². The van der Waals surface area contributed by atoms with Gasteiger partial charge in [-0.2, -0.15) is 0 Å². The van der Waals surface area contributed by atoms with Crippen LogP contribution in [0.1, 0.15) is 59.8 Å². The van der Waals surface area contributed by atoms with Gasteiger partial charge in [0.25, 0.3) is 0 Å². The molecule has 0 aromatic heterocycles. The van der Waals surface area contributed by atoms with Gasteiger partial charge in [0, 0.05) is 18.3 Å². The van der Waals surface area contributed by atoms with Crippen molar-refractivity contribution in [1.29, 1.82) is 0 Å². The van der Waals surface area contributed by atoms with Crippen LogP contribution in [0.25, 0.3) is 0 Å². The van der Waals surface area contributed by atoms with Gasteiger partial charge >= 0.3 is 0 Å². The zero-order valence-electron chi connectivity index (χ0n) is 12.1. The molecule has 0 bridgehead atoms. The van der Waals surface area contributed by atoms with Crippen molar-refractivity contribution in [1.82, 2.24) is 0 Å². The fraction of sp³-hybridized carbons (Fsp3) is 0.938. The molecule has 0 aliphatic heterocycles. The molecule has 3 aliphatic carbocycles. The third-order valence-corrected chi connectivity index (χ3v) is 6.48. The van der Waals surface area contributed by atoms with E-state index in [1.807, 2.05) is 0 Å². The lowest BCUT2D eigenvalue weighted by molar-refractivity contribution is -0.191. The highest BCUT2D eigenvalue weighted by Gasteiger charge is 2.70. The lowest BCUT2D eigenvalue weighted by Gasteiger charge is -2.56. The number of hydrogen-bond acceptors (Lipinski definition) is 2. The van der Waals surface area contributed by atoms with E-state index in [2.05, 4.69) is 27.7 Å². The van der Waals surface area contributed by atoms with Crippen molar-refractivity contribution in [3.8, 4) is 0 Å². The molecule has 2 nitrogen and oxygen atoms in total. The first-order chi connectivity index (χ1) is 8.21. The van der Waals surface area contributed by atoms with Crippen molar-refractivity contribution in [3.05, 3.63) is 0 Å². The van der Waals surface area contributed by atoms with Crippen LogP contribution in [0.4, 0.5) is 0 Å². The molecule has 0 aromatic carbocycles. The van der Waals surface area contributed by atoms with Crippen LogP contribution in [0.3, 0.4) is 0 Å². The molecule has 0 heterocycles. The van der Waals surface area contributed by atoms with E-state index in [0.29, 0.717) is 30.5 Å². The number of rotatable bonds is 0. The van der Waals surface area contributed by atoms with Crippen LogP contribution >= 0.6 is 0 Å². The molecule has 0 aromatic rings. The summed E-state index contributed by atoms with van der Waals surface area (Å²) in [5.41, 5.74) is -0.607. The standard InChI is InChI=1S/C16H26O2/c1-10-5-6-13-14(2,3)9-15(4)8-11(17)7-12(10)16(13,15)18/h10,12-13,18H,5-9H2,1-4H3/t10-,12+,13+,15+,16-/m1/s1. The minimum Gasteiger partial charge on any atom is -0.389 e. The molecule has 5 atom stereocenters. The minimum atomic E-state index is -0.595. The molecule has 102 valence electrons. The van der Waals surface area contributed by atoms with Crippen LogP contribution < -0.4 is 0 Å². The second-order valence-electron chi connectivity index (χ2n) is 8.18. The second-order valence-corrected chi connectivity index (χ2v) is 8.18. The number of Topliss-reactive ketones (excluding diaryl/α,β-unsaturated/α-hetero) is 1. The fourth-order valence-corrected chi connectivity index (χ4v) is 5.98. The number of hydrogen-bond donors (Lipinski definition) is 1. The third-order valence-electron chi connectivity index (χ3n) is 6.48. The molecule has 3 saturated carbocycles. The Morgan fingerprint density at radius 3 is 2.56 bits per heavy atom. The van der Waals surface area contributed by atoms with Crippen LogP contribution in [-0.4, -0.2) is 16.5 Å². The van der Waals surface area contributed by atoms with E-state index in [1.54, 1.807) is 0 Å². The van der Waals surface area contributed by atoms with Gasteiger partial charge in [-0.25, -0.2) is 0 Å². The van der Waals surface area contributed by atoms with Crippen molar-refractivity contribution >= 4 is 5.78 Å². The van der Waals surface area contributed by atoms with Gasteiger partial charge in [0.2, 0.25) is 0 Å². The normalized spacial score (nSPS) is 54.3. The van der Waals surface area contributed by atoms with Gasteiger partial charge in [0.15, 0.2) is 0 Å². The Bertz CT molecular complexity index is 400. The Labute approximate surface area is 110 Å². The van der Waals surface area contributed by atoms with E-state index in [4.69, 9.17) is 0 Å².